The van der Waals surface area contributed by atoms with Crippen LogP contribution < -0.4 is 4.90 Å². The highest BCUT2D eigenvalue weighted by Crippen LogP contribution is 2.33. The number of anilines is 2. The van der Waals surface area contributed by atoms with E-state index in [1.54, 1.807) is 0 Å². The van der Waals surface area contributed by atoms with Crippen molar-refractivity contribution in [2.75, 3.05) is 4.90 Å². The summed E-state index contributed by atoms with van der Waals surface area (Å²) in [6.45, 7) is 8.76. The molecule has 0 bridgehead atoms. The summed E-state index contributed by atoms with van der Waals surface area (Å²) < 4.78 is 0. The van der Waals surface area contributed by atoms with Crippen molar-refractivity contribution in [2.24, 2.45) is 0 Å². The summed E-state index contributed by atoms with van der Waals surface area (Å²) in [5, 5.41) is 0. The summed E-state index contributed by atoms with van der Waals surface area (Å²) in [6, 6.07) is 17.8. The first-order valence-electron chi connectivity index (χ1n) is 10.1. The molecule has 27 heavy (non-hydrogen) atoms. The minimum atomic E-state index is 1.03. The van der Waals surface area contributed by atoms with Gasteiger partial charge in [0.1, 0.15) is 0 Å². The number of allylic oxidation sites excluding steroid dienone is 6. The minimum absolute atomic E-state index is 1.03. The van der Waals surface area contributed by atoms with Crippen LogP contribution in [-0.4, -0.2) is 0 Å². The molecule has 3 rings (SSSR count). The van der Waals surface area contributed by atoms with Crippen LogP contribution in [0, 0.1) is 6.92 Å². The Balaban J connectivity index is 1.95. The van der Waals surface area contributed by atoms with Gasteiger partial charge in [-0.15, -0.1) is 0 Å². The second-order valence-corrected chi connectivity index (χ2v) is 7.53. The molecule has 0 spiro atoms. The lowest BCUT2D eigenvalue weighted by Gasteiger charge is -2.26. The Bertz CT molecular complexity index is 865. The predicted octanol–water partition coefficient (Wildman–Crippen LogP) is 7.96. The first kappa shape index (κ1) is 19.2. The molecule has 0 aliphatic heterocycles. The molecular weight excluding hydrogens is 326 g/mol. The smallest absolute Gasteiger partial charge is 0.0460 e. The Hall–Kier alpha value is -2.54. The topological polar surface area (TPSA) is 3.24 Å². The Morgan fingerprint density at radius 2 is 1.74 bits per heavy atom. The minimum Gasteiger partial charge on any atom is -0.315 e. The zero-order valence-corrected chi connectivity index (χ0v) is 17.1. The van der Waals surface area contributed by atoms with Crippen LogP contribution in [0.4, 0.5) is 11.4 Å². The lowest BCUT2D eigenvalue weighted by molar-refractivity contribution is 0.850. The third-order valence-electron chi connectivity index (χ3n) is 5.19. The Morgan fingerprint density at radius 3 is 2.44 bits per heavy atom. The zero-order valence-electron chi connectivity index (χ0n) is 17.1. The van der Waals surface area contributed by atoms with Crippen LogP contribution in [-0.2, 0) is 0 Å². The Morgan fingerprint density at radius 1 is 0.963 bits per heavy atom. The van der Waals surface area contributed by atoms with Crippen LogP contribution in [0.5, 0.6) is 0 Å². The van der Waals surface area contributed by atoms with Crippen molar-refractivity contribution in [3.05, 3.63) is 89.2 Å². The molecule has 0 fully saturated rings. The molecule has 0 heterocycles. The van der Waals surface area contributed by atoms with Crippen LogP contribution in [0.3, 0.4) is 0 Å². The summed E-state index contributed by atoms with van der Waals surface area (Å²) in [5.41, 5.74) is 9.25. The number of benzene rings is 2. The number of hydrogen-bond donors (Lipinski definition) is 0. The van der Waals surface area contributed by atoms with Crippen LogP contribution in [0.1, 0.15) is 57.6 Å². The van der Waals surface area contributed by atoms with Crippen LogP contribution >= 0.6 is 0 Å². The average molecular weight is 358 g/mol. The predicted molar refractivity (Wildman–Crippen MR) is 119 cm³/mol. The van der Waals surface area contributed by atoms with E-state index in [0.717, 1.165) is 12.8 Å². The third-order valence-corrected chi connectivity index (χ3v) is 5.19. The van der Waals surface area contributed by atoms with Gasteiger partial charge in [0.05, 0.1) is 0 Å². The van der Waals surface area contributed by atoms with E-state index in [9.17, 15) is 0 Å². The fourth-order valence-electron chi connectivity index (χ4n) is 3.74. The second kappa shape index (κ2) is 8.90. The lowest BCUT2D eigenvalue weighted by atomic mass is 10.0. The van der Waals surface area contributed by atoms with Gasteiger partial charge in [-0.2, -0.15) is 0 Å². The van der Waals surface area contributed by atoms with Gasteiger partial charge in [0.2, 0.25) is 0 Å². The van der Waals surface area contributed by atoms with E-state index >= 15 is 0 Å². The first-order valence-corrected chi connectivity index (χ1v) is 10.1. The average Bonchev–Trinajstić information content (AvgIpc) is 2.87. The Labute approximate surface area is 164 Å². The van der Waals surface area contributed by atoms with Gasteiger partial charge in [0.25, 0.3) is 0 Å². The highest BCUT2D eigenvalue weighted by atomic mass is 15.1. The van der Waals surface area contributed by atoms with Gasteiger partial charge in [0, 0.05) is 17.1 Å². The van der Waals surface area contributed by atoms with E-state index in [1.165, 1.54) is 52.2 Å². The van der Waals surface area contributed by atoms with Crippen molar-refractivity contribution in [1.82, 2.24) is 0 Å². The molecule has 0 aromatic heterocycles. The monoisotopic (exact) mass is 357 g/mol. The van der Waals surface area contributed by atoms with E-state index in [-0.39, 0.29) is 0 Å². The van der Waals surface area contributed by atoms with E-state index in [4.69, 9.17) is 0 Å². The third kappa shape index (κ3) is 4.80. The van der Waals surface area contributed by atoms with Crippen molar-refractivity contribution in [2.45, 2.75) is 53.4 Å². The largest absolute Gasteiger partial charge is 0.315 e. The lowest BCUT2D eigenvalue weighted by Crippen LogP contribution is -2.14. The SMILES string of the molecule is CC/C=C(\C)N(c1ccc(C2=CC=C(C)CCC2)cc1)c1cccc(C)c1. The molecule has 1 nitrogen and oxygen atoms in total. The number of hydrogen-bond acceptors (Lipinski definition) is 1. The molecule has 1 aliphatic carbocycles. The summed E-state index contributed by atoms with van der Waals surface area (Å²) in [5.74, 6) is 0. The summed E-state index contributed by atoms with van der Waals surface area (Å²) in [4.78, 5) is 2.35. The molecule has 140 valence electrons. The molecule has 0 N–H and O–H groups in total. The molecule has 2 aromatic carbocycles. The normalized spacial score (nSPS) is 15.0. The molecule has 0 amide bonds. The molecule has 1 heteroatoms. The van der Waals surface area contributed by atoms with Gasteiger partial charge in [-0.05, 0) is 87.4 Å². The molecule has 2 aromatic rings. The fourth-order valence-corrected chi connectivity index (χ4v) is 3.74. The van der Waals surface area contributed by atoms with Crippen molar-refractivity contribution < 1.29 is 0 Å². The van der Waals surface area contributed by atoms with E-state index in [1.807, 2.05) is 0 Å². The maximum absolute atomic E-state index is 2.35. The van der Waals surface area contributed by atoms with Gasteiger partial charge >= 0.3 is 0 Å². The van der Waals surface area contributed by atoms with Crippen LogP contribution in [0.25, 0.3) is 5.57 Å². The zero-order chi connectivity index (χ0) is 19.2. The highest BCUT2D eigenvalue weighted by molar-refractivity contribution is 5.73. The van der Waals surface area contributed by atoms with Gasteiger partial charge in [-0.25, -0.2) is 0 Å². The summed E-state index contributed by atoms with van der Waals surface area (Å²) in [7, 11) is 0. The van der Waals surface area contributed by atoms with Gasteiger partial charge < -0.3 is 4.90 Å². The van der Waals surface area contributed by atoms with Crippen molar-refractivity contribution in [1.29, 1.82) is 0 Å². The first-order chi connectivity index (χ1) is 13.1. The van der Waals surface area contributed by atoms with Gasteiger partial charge in [-0.3, -0.25) is 0 Å². The standard InChI is InChI=1S/C26H31N/c1-5-8-22(4)27(26-12-7-10-21(3)19-26)25-17-15-24(16-18-25)23-11-6-9-20(2)13-14-23/h7-8,10,12-19H,5-6,9,11H2,1-4H3/b22-8+. The molecular formula is C26H31N. The van der Waals surface area contributed by atoms with Gasteiger partial charge in [0.15, 0.2) is 0 Å². The molecule has 0 radical (unpaired) electrons. The van der Waals surface area contributed by atoms with Crippen molar-refractivity contribution >= 4 is 16.9 Å². The van der Waals surface area contributed by atoms with Crippen LogP contribution in [0.15, 0.2) is 78.0 Å². The maximum atomic E-state index is 2.35. The molecule has 0 unspecified atom stereocenters. The van der Waals surface area contributed by atoms with Crippen LogP contribution in [0.2, 0.25) is 0 Å². The fraction of sp³-hybridized carbons (Fsp3) is 0.308. The van der Waals surface area contributed by atoms with E-state index in [2.05, 4.69) is 99.4 Å². The Kier molecular flexibility index (Phi) is 6.34. The quantitative estimate of drug-likeness (QED) is 0.524. The second-order valence-electron chi connectivity index (χ2n) is 7.53. The number of rotatable bonds is 5. The molecule has 0 atom stereocenters. The number of nitrogens with zero attached hydrogens (tertiary/aromatic N) is 1. The van der Waals surface area contributed by atoms with E-state index < -0.39 is 0 Å². The highest BCUT2D eigenvalue weighted by Gasteiger charge is 2.12. The molecule has 0 saturated heterocycles. The van der Waals surface area contributed by atoms with Gasteiger partial charge in [-0.1, -0.05) is 55.0 Å². The number of aryl methyl sites for hydroxylation is 1. The van der Waals surface area contributed by atoms with Crippen molar-refractivity contribution in [3.63, 3.8) is 0 Å². The van der Waals surface area contributed by atoms with Crippen molar-refractivity contribution in [3.8, 4) is 0 Å². The van der Waals surface area contributed by atoms with E-state index in [0.29, 0.717) is 0 Å². The molecule has 0 saturated carbocycles. The maximum Gasteiger partial charge on any atom is 0.0460 e. The summed E-state index contributed by atoms with van der Waals surface area (Å²) >= 11 is 0. The molecule has 1 aliphatic rings. The summed E-state index contributed by atoms with van der Waals surface area (Å²) in [6.07, 6.45) is 11.5.